The van der Waals surface area contributed by atoms with Crippen molar-refractivity contribution >= 4 is 15.8 Å². The number of nitrogens with two attached hydrogens (primary N) is 1. The molecule has 0 saturated heterocycles. The van der Waals surface area contributed by atoms with Crippen LogP contribution in [0.5, 0.6) is 0 Å². The number of Topliss-reactive ketones (excluding diaryl/α,β-unsaturated/α-hetero) is 1. The van der Waals surface area contributed by atoms with E-state index >= 15 is 0 Å². The van der Waals surface area contributed by atoms with Gasteiger partial charge in [-0.1, -0.05) is 51.1 Å². The van der Waals surface area contributed by atoms with Crippen molar-refractivity contribution in [3.8, 4) is 0 Å². The fourth-order valence-corrected chi connectivity index (χ4v) is 2.70. The van der Waals surface area contributed by atoms with Crippen LogP contribution in [0.15, 0.2) is 30.3 Å². The standard InChI is InChI=1S/C12H17NO3S/c1-12(2,3)11(14)10(17(13,15)16)9-7-5-4-6-8-9/h4-8,10H,1-3H3,(H2,13,15,16). The molecule has 0 heterocycles. The molecule has 1 atom stereocenters. The van der Waals surface area contributed by atoms with Crippen LogP contribution in [0.25, 0.3) is 0 Å². The van der Waals surface area contributed by atoms with Gasteiger partial charge in [-0.05, 0) is 5.56 Å². The van der Waals surface area contributed by atoms with E-state index in [1.807, 2.05) is 0 Å². The van der Waals surface area contributed by atoms with Crippen molar-refractivity contribution in [2.75, 3.05) is 0 Å². The highest BCUT2D eigenvalue weighted by atomic mass is 32.2. The van der Waals surface area contributed by atoms with Gasteiger partial charge in [0.1, 0.15) is 0 Å². The highest BCUT2D eigenvalue weighted by Crippen LogP contribution is 2.30. The Morgan fingerprint density at radius 1 is 1.18 bits per heavy atom. The van der Waals surface area contributed by atoms with E-state index in [0.29, 0.717) is 5.56 Å². The number of rotatable bonds is 3. The molecule has 0 fully saturated rings. The van der Waals surface area contributed by atoms with Crippen LogP contribution in [0.4, 0.5) is 0 Å². The van der Waals surface area contributed by atoms with Crippen molar-refractivity contribution in [3.63, 3.8) is 0 Å². The molecule has 0 amide bonds. The Morgan fingerprint density at radius 3 is 2.00 bits per heavy atom. The average Bonchev–Trinajstić information content (AvgIpc) is 2.15. The van der Waals surface area contributed by atoms with Crippen LogP contribution >= 0.6 is 0 Å². The van der Waals surface area contributed by atoms with Crippen molar-refractivity contribution < 1.29 is 13.2 Å². The van der Waals surface area contributed by atoms with Crippen molar-refractivity contribution in [1.82, 2.24) is 0 Å². The van der Waals surface area contributed by atoms with E-state index in [-0.39, 0.29) is 0 Å². The van der Waals surface area contributed by atoms with Crippen molar-refractivity contribution in [3.05, 3.63) is 35.9 Å². The molecule has 0 spiro atoms. The first-order valence-corrected chi connectivity index (χ1v) is 6.86. The number of carbonyl (C=O) groups is 1. The summed E-state index contributed by atoms with van der Waals surface area (Å²) >= 11 is 0. The number of carbonyl (C=O) groups excluding carboxylic acids is 1. The molecule has 1 aromatic rings. The monoisotopic (exact) mass is 255 g/mol. The third-order valence-corrected chi connectivity index (χ3v) is 3.55. The van der Waals surface area contributed by atoms with E-state index in [1.165, 1.54) is 0 Å². The van der Waals surface area contributed by atoms with Crippen LogP contribution in [0.2, 0.25) is 0 Å². The van der Waals surface area contributed by atoms with Crippen LogP contribution in [-0.2, 0) is 14.8 Å². The Kier molecular flexibility index (Phi) is 3.74. The van der Waals surface area contributed by atoms with Gasteiger partial charge in [0.15, 0.2) is 11.0 Å². The van der Waals surface area contributed by atoms with Gasteiger partial charge >= 0.3 is 0 Å². The predicted octanol–water partition coefficient (Wildman–Crippen LogP) is 1.63. The lowest BCUT2D eigenvalue weighted by Gasteiger charge is -2.23. The summed E-state index contributed by atoms with van der Waals surface area (Å²) in [4.78, 5) is 12.2. The summed E-state index contributed by atoms with van der Waals surface area (Å²) in [5.74, 6) is -0.397. The van der Waals surface area contributed by atoms with Crippen LogP contribution in [0.3, 0.4) is 0 Å². The van der Waals surface area contributed by atoms with E-state index in [2.05, 4.69) is 0 Å². The molecule has 0 aromatic heterocycles. The minimum absolute atomic E-state index is 0.397. The number of ketones is 1. The average molecular weight is 255 g/mol. The summed E-state index contributed by atoms with van der Waals surface area (Å²) in [6.07, 6.45) is 0. The first-order chi connectivity index (χ1) is 7.64. The van der Waals surface area contributed by atoms with E-state index in [0.717, 1.165) is 0 Å². The second-order valence-electron chi connectivity index (χ2n) is 4.99. The maximum atomic E-state index is 12.2. The molecule has 0 aliphatic heterocycles. The molecule has 2 N–H and O–H groups in total. The summed E-state index contributed by atoms with van der Waals surface area (Å²) in [6, 6.07) is 8.32. The molecule has 0 bridgehead atoms. The van der Waals surface area contributed by atoms with Gasteiger partial charge in [-0.15, -0.1) is 0 Å². The molecule has 17 heavy (non-hydrogen) atoms. The van der Waals surface area contributed by atoms with Crippen LogP contribution in [0, 0.1) is 5.41 Å². The van der Waals surface area contributed by atoms with Crippen LogP contribution in [-0.4, -0.2) is 14.2 Å². The summed E-state index contributed by atoms with van der Waals surface area (Å²) in [7, 11) is -3.95. The minimum Gasteiger partial charge on any atom is -0.297 e. The van der Waals surface area contributed by atoms with E-state index in [9.17, 15) is 13.2 Å². The molecule has 0 radical (unpaired) electrons. The van der Waals surface area contributed by atoms with Gasteiger partial charge in [0.05, 0.1) is 0 Å². The lowest BCUT2D eigenvalue weighted by molar-refractivity contribution is -0.125. The van der Waals surface area contributed by atoms with Gasteiger partial charge in [-0.25, -0.2) is 13.6 Å². The number of benzene rings is 1. The highest BCUT2D eigenvalue weighted by molar-refractivity contribution is 7.90. The smallest absolute Gasteiger partial charge is 0.223 e. The molecule has 4 nitrogen and oxygen atoms in total. The van der Waals surface area contributed by atoms with E-state index in [1.54, 1.807) is 51.1 Å². The zero-order chi connectivity index (χ0) is 13.3. The number of primary sulfonamides is 1. The summed E-state index contributed by atoms with van der Waals surface area (Å²) < 4.78 is 23.2. The summed E-state index contributed by atoms with van der Waals surface area (Å²) in [5, 5.41) is 3.87. The molecule has 1 unspecified atom stereocenters. The summed E-state index contributed by atoms with van der Waals surface area (Å²) in [5.41, 5.74) is -0.345. The second kappa shape index (κ2) is 4.58. The minimum atomic E-state index is -3.95. The first kappa shape index (κ1) is 13.9. The van der Waals surface area contributed by atoms with Crippen molar-refractivity contribution in [1.29, 1.82) is 0 Å². The Morgan fingerprint density at radius 2 is 1.65 bits per heavy atom. The maximum absolute atomic E-state index is 12.2. The van der Waals surface area contributed by atoms with E-state index in [4.69, 9.17) is 5.14 Å². The molecule has 1 aromatic carbocycles. The molecular formula is C12H17NO3S. The van der Waals surface area contributed by atoms with Gasteiger partial charge in [-0.3, -0.25) is 4.79 Å². The van der Waals surface area contributed by atoms with Crippen molar-refractivity contribution in [2.45, 2.75) is 26.0 Å². The maximum Gasteiger partial charge on any atom is 0.223 e. The number of sulfonamides is 1. The number of hydrogen-bond acceptors (Lipinski definition) is 3. The van der Waals surface area contributed by atoms with Gasteiger partial charge in [0.2, 0.25) is 10.0 Å². The largest absolute Gasteiger partial charge is 0.297 e. The Labute approximate surface area is 102 Å². The molecule has 5 heteroatoms. The second-order valence-corrected chi connectivity index (χ2v) is 6.64. The van der Waals surface area contributed by atoms with Crippen LogP contribution in [0.1, 0.15) is 31.6 Å². The van der Waals surface area contributed by atoms with Gasteiger partial charge in [0, 0.05) is 5.41 Å². The first-order valence-electron chi connectivity index (χ1n) is 5.25. The Bertz CT molecular complexity index is 500. The number of hydrogen-bond donors (Lipinski definition) is 1. The Balaban J connectivity index is 3.31. The van der Waals surface area contributed by atoms with Gasteiger partial charge < -0.3 is 0 Å². The van der Waals surface area contributed by atoms with E-state index < -0.39 is 26.5 Å². The molecule has 0 aliphatic carbocycles. The molecule has 94 valence electrons. The molecular weight excluding hydrogens is 238 g/mol. The quantitative estimate of drug-likeness (QED) is 0.891. The van der Waals surface area contributed by atoms with Gasteiger partial charge in [-0.2, -0.15) is 0 Å². The lowest BCUT2D eigenvalue weighted by Crippen LogP contribution is -2.35. The third kappa shape index (κ3) is 3.38. The fraction of sp³-hybridized carbons (Fsp3) is 0.417. The van der Waals surface area contributed by atoms with Crippen molar-refractivity contribution in [2.24, 2.45) is 10.6 Å². The Hall–Kier alpha value is -1.20. The highest BCUT2D eigenvalue weighted by Gasteiger charge is 2.37. The molecule has 0 saturated carbocycles. The predicted molar refractivity (Wildman–Crippen MR) is 66.8 cm³/mol. The summed E-state index contributed by atoms with van der Waals surface area (Å²) in [6.45, 7) is 5.03. The lowest BCUT2D eigenvalue weighted by atomic mass is 9.87. The van der Waals surface area contributed by atoms with Crippen LogP contribution < -0.4 is 5.14 Å². The fourth-order valence-electron chi connectivity index (χ4n) is 1.51. The van der Waals surface area contributed by atoms with Gasteiger partial charge in [0.25, 0.3) is 0 Å². The zero-order valence-electron chi connectivity index (χ0n) is 10.2. The molecule has 1 rings (SSSR count). The third-order valence-electron chi connectivity index (χ3n) is 2.41. The normalized spacial score (nSPS) is 14.4. The topological polar surface area (TPSA) is 77.2 Å². The molecule has 0 aliphatic rings. The zero-order valence-corrected chi connectivity index (χ0v) is 11.0. The SMILES string of the molecule is CC(C)(C)C(=O)C(c1ccccc1)S(N)(=O)=O.